The summed E-state index contributed by atoms with van der Waals surface area (Å²) in [6.07, 6.45) is 4.19. The molecule has 0 saturated carbocycles. The molecule has 15 heteroatoms. The Balaban J connectivity index is 1.69. The van der Waals surface area contributed by atoms with Crippen LogP contribution in [0.1, 0.15) is 103 Å². The zero-order chi connectivity index (χ0) is 48.6. The van der Waals surface area contributed by atoms with E-state index in [1.54, 1.807) is 6.20 Å². The Kier molecular flexibility index (Phi) is 19.9. The Morgan fingerprint density at radius 3 is 1.59 bits per heavy atom. The Morgan fingerprint density at radius 2 is 1.05 bits per heavy atom. The number of amides is 6. The van der Waals surface area contributed by atoms with Crippen LogP contribution in [0.15, 0.2) is 85.1 Å². The molecule has 1 aromatic heterocycles. The van der Waals surface area contributed by atoms with E-state index in [0.29, 0.717) is 32.2 Å². The molecule has 0 aliphatic heterocycles. The molecule has 0 radical (unpaired) electrons. The summed E-state index contributed by atoms with van der Waals surface area (Å²) in [4.78, 5) is 86.7. The van der Waals surface area contributed by atoms with Crippen molar-refractivity contribution in [3.8, 4) is 0 Å². The van der Waals surface area contributed by atoms with Gasteiger partial charge >= 0.3 is 0 Å². The first-order valence-electron chi connectivity index (χ1n) is 23.2. The zero-order valence-corrected chi connectivity index (χ0v) is 39.7. The normalized spacial score (nSPS) is 14.4. The fourth-order valence-electron chi connectivity index (χ4n) is 7.80. The monoisotopic (exact) mass is 908 g/mol. The number of H-pyrrole nitrogens is 1. The highest BCUT2D eigenvalue weighted by molar-refractivity contribution is 5.97. The summed E-state index contributed by atoms with van der Waals surface area (Å²) in [7, 11) is 0. The van der Waals surface area contributed by atoms with Crippen molar-refractivity contribution in [2.45, 2.75) is 141 Å². The van der Waals surface area contributed by atoms with Gasteiger partial charge in [-0.2, -0.15) is 0 Å². The number of fused-ring (bicyclic) bond motifs is 1. The Labute approximate surface area is 389 Å². The molecular formula is C51H73N9O6. The SMILES string of the molecule is CC(C)C[C@H](NC(=O)[C@H](CC(C)C)NC(=O)[C@@H](Cc1c[nH]c2ccccc12)NC(=O)[C@H](Cc1ccccc1)NC(=O)[C@@H](Cc1ccc(C(C)(C)C)cc1)NC(=O)[C@@H](N)CCCCN)C(N)=O. The second-order valence-electron chi connectivity index (χ2n) is 19.3. The smallest absolute Gasteiger partial charge is 0.243 e. The fourth-order valence-corrected chi connectivity index (χ4v) is 7.80. The summed E-state index contributed by atoms with van der Waals surface area (Å²) in [6.45, 7) is 14.4. The van der Waals surface area contributed by atoms with Gasteiger partial charge in [-0.15, -0.1) is 0 Å². The molecule has 6 amide bonds. The van der Waals surface area contributed by atoms with Gasteiger partial charge in [-0.25, -0.2) is 0 Å². The molecular weight excluding hydrogens is 835 g/mol. The summed E-state index contributed by atoms with van der Waals surface area (Å²) < 4.78 is 0. The molecule has 0 aliphatic rings. The number of hydrogen-bond acceptors (Lipinski definition) is 8. The number of aromatic nitrogens is 1. The number of nitrogens with one attached hydrogen (secondary N) is 6. The molecule has 6 atom stereocenters. The second kappa shape index (κ2) is 25.0. The minimum absolute atomic E-state index is 0.0200. The third-order valence-corrected chi connectivity index (χ3v) is 11.6. The van der Waals surface area contributed by atoms with Crippen molar-refractivity contribution in [2.75, 3.05) is 6.54 Å². The van der Waals surface area contributed by atoms with E-state index in [4.69, 9.17) is 17.2 Å². The summed E-state index contributed by atoms with van der Waals surface area (Å²) in [6, 6.07) is 18.0. The van der Waals surface area contributed by atoms with Crippen LogP contribution in [0, 0.1) is 11.8 Å². The van der Waals surface area contributed by atoms with E-state index in [0.717, 1.165) is 33.2 Å². The van der Waals surface area contributed by atoms with Crippen LogP contribution in [0.4, 0.5) is 0 Å². The van der Waals surface area contributed by atoms with Crippen molar-refractivity contribution < 1.29 is 28.8 Å². The van der Waals surface area contributed by atoms with Crippen molar-refractivity contribution in [1.29, 1.82) is 0 Å². The van der Waals surface area contributed by atoms with E-state index < -0.39 is 71.7 Å². The van der Waals surface area contributed by atoms with Crippen LogP contribution in [0.2, 0.25) is 0 Å². The summed E-state index contributed by atoms with van der Waals surface area (Å²) >= 11 is 0. The van der Waals surface area contributed by atoms with Gasteiger partial charge in [0.25, 0.3) is 0 Å². The van der Waals surface area contributed by atoms with Gasteiger partial charge in [0.15, 0.2) is 0 Å². The minimum atomic E-state index is -1.24. The van der Waals surface area contributed by atoms with Gasteiger partial charge in [0.2, 0.25) is 35.4 Å². The van der Waals surface area contributed by atoms with Gasteiger partial charge in [0.1, 0.15) is 30.2 Å². The number of benzene rings is 3. The van der Waals surface area contributed by atoms with E-state index >= 15 is 0 Å². The molecule has 0 aliphatic carbocycles. The van der Waals surface area contributed by atoms with Crippen LogP contribution in [0.5, 0.6) is 0 Å². The molecule has 15 nitrogen and oxygen atoms in total. The third kappa shape index (κ3) is 16.4. The maximum Gasteiger partial charge on any atom is 0.243 e. The molecule has 0 saturated heterocycles. The van der Waals surface area contributed by atoms with Gasteiger partial charge in [-0.1, -0.05) is 128 Å². The molecule has 0 spiro atoms. The number of carbonyl (C=O) groups excluding carboxylic acids is 6. The van der Waals surface area contributed by atoms with E-state index in [9.17, 15) is 28.8 Å². The maximum absolute atomic E-state index is 14.7. The van der Waals surface area contributed by atoms with E-state index in [1.807, 2.05) is 107 Å². The highest BCUT2D eigenvalue weighted by atomic mass is 16.2. The molecule has 4 aromatic rings. The van der Waals surface area contributed by atoms with Crippen LogP contribution in [-0.4, -0.2) is 83.2 Å². The zero-order valence-electron chi connectivity index (χ0n) is 39.7. The standard InChI is InChI=1S/C51H73N9O6/c1-31(2)25-40(45(54)61)56-47(63)41(26-32(3)4)58-50(66)44(29-35-30-55-39-19-12-11-17-37(35)39)60-49(65)43(27-33-15-9-8-10-16-33)59-48(64)42(57-46(62)38(53)18-13-14-24-52)28-34-20-22-36(23-21-34)51(5,6)7/h8-12,15-17,19-23,30-32,38,40-44,55H,13-14,18,24-29,52-53H2,1-7H3,(H2,54,61)(H,56,63)(H,57,62)(H,58,66)(H,59,64)(H,60,65)/t38-,40-,41-,42+,43-,44+/m0/s1. The number of carbonyl (C=O) groups is 6. The van der Waals surface area contributed by atoms with Gasteiger partial charge in [0.05, 0.1) is 6.04 Å². The number of nitrogens with two attached hydrogens (primary N) is 3. The molecule has 4 rings (SSSR count). The average molecular weight is 908 g/mol. The van der Waals surface area contributed by atoms with Crippen molar-refractivity contribution in [2.24, 2.45) is 29.0 Å². The number of primary amides is 1. The predicted octanol–water partition coefficient (Wildman–Crippen LogP) is 3.95. The summed E-state index contributed by atoms with van der Waals surface area (Å²) in [5.41, 5.74) is 21.7. The minimum Gasteiger partial charge on any atom is -0.368 e. The lowest BCUT2D eigenvalue weighted by atomic mass is 9.86. The Hall–Kier alpha value is -6.06. The lowest BCUT2D eigenvalue weighted by Crippen LogP contribution is -2.60. The first-order chi connectivity index (χ1) is 31.2. The highest BCUT2D eigenvalue weighted by Crippen LogP contribution is 2.23. The van der Waals surface area contributed by atoms with E-state index in [-0.39, 0.29) is 42.9 Å². The number of hydrogen-bond donors (Lipinski definition) is 9. The quantitative estimate of drug-likeness (QED) is 0.0439. The topological polar surface area (TPSA) is 256 Å². The number of unbranched alkanes of at least 4 members (excludes halogenated alkanes) is 1. The van der Waals surface area contributed by atoms with Crippen molar-refractivity contribution in [3.63, 3.8) is 0 Å². The van der Waals surface area contributed by atoms with Gasteiger partial charge in [0, 0.05) is 36.4 Å². The van der Waals surface area contributed by atoms with Gasteiger partial charge < -0.3 is 48.8 Å². The van der Waals surface area contributed by atoms with Crippen molar-refractivity contribution in [1.82, 2.24) is 31.6 Å². The molecule has 358 valence electrons. The Bertz CT molecular complexity index is 2220. The average Bonchev–Trinajstić information content (AvgIpc) is 3.67. The highest BCUT2D eigenvalue weighted by Gasteiger charge is 2.34. The first-order valence-corrected chi connectivity index (χ1v) is 23.2. The largest absolute Gasteiger partial charge is 0.368 e. The summed E-state index contributed by atoms with van der Waals surface area (Å²) in [5, 5.41) is 15.1. The maximum atomic E-state index is 14.7. The van der Waals surface area contributed by atoms with Crippen LogP contribution in [0.3, 0.4) is 0 Å². The lowest BCUT2D eigenvalue weighted by Gasteiger charge is -2.28. The lowest BCUT2D eigenvalue weighted by molar-refractivity contribution is -0.135. The number of para-hydroxylation sites is 1. The van der Waals surface area contributed by atoms with Crippen molar-refractivity contribution >= 4 is 46.3 Å². The van der Waals surface area contributed by atoms with Crippen LogP contribution in [-0.2, 0) is 53.4 Å². The van der Waals surface area contributed by atoms with Gasteiger partial charge in [-0.3, -0.25) is 28.8 Å². The van der Waals surface area contributed by atoms with E-state index in [2.05, 4.69) is 52.3 Å². The molecule has 0 bridgehead atoms. The van der Waals surface area contributed by atoms with E-state index in [1.165, 1.54) is 0 Å². The van der Waals surface area contributed by atoms with Gasteiger partial charge in [-0.05, 0) is 77.8 Å². The van der Waals surface area contributed by atoms with Crippen LogP contribution in [0.25, 0.3) is 10.9 Å². The third-order valence-electron chi connectivity index (χ3n) is 11.6. The molecule has 1 heterocycles. The second-order valence-corrected chi connectivity index (χ2v) is 19.3. The van der Waals surface area contributed by atoms with Crippen LogP contribution >= 0.6 is 0 Å². The predicted molar refractivity (Wildman–Crippen MR) is 260 cm³/mol. The van der Waals surface area contributed by atoms with Crippen molar-refractivity contribution in [3.05, 3.63) is 107 Å². The fraction of sp³-hybridized carbons (Fsp3) is 0.490. The molecule has 3 aromatic carbocycles. The molecule has 0 unspecified atom stereocenters. The van der Waals surface area contributed by atoms with Crippen LogP contribution < -0.4 is 43.8 Å². The summed E-state index contributed by atoms with van der Waals surface area (Å²) in [5.74, 6) is -3.70. The molecule has 12 N–H and O–H groups in total. The Morgan fingerprint density at radius 1 is 0.576 bits per heavy atom. The number of rotatable bonds is 25. The molecule has 66 heavy (non-hydrogen) atoms. The number of aromatic amines is 1. The molecule has 0 fully saturated rings. The first kappa shape index (κ1) is 52.6.